The number of methoxy groups -OCH3 is 1. The molecule has 0 bridgehead atoms. The van der Waals surface area contributed by atoms with Gasteiger partial charge in [0.15, 0.2) is 0 Å². The van der Waals surface area contributed by atoms with Crippen LogP contribution >= 0.6 is 0 Å². The first-order valence-electron chi connectivity index (χ1n) is 15.5. The van der Waals surface area contributed by atoms with E-state index in [2.05, 4.69) is 39.8 Å². The predicted molar refractivity (Wildman–Crippen MR) is 158 cm³/mol. The van der Waals surface area contributed by atoms with Gasteiger partial charge in [0.25, 0.3) is 11.9 Å². The van der Waals surface area contributed by atoms with Gasteiger partial charge in [-0.1, -0.05) is 82.2 Å². The Labute approximate surface area is 257 Å². The van der Waals surface area contributed by atoms with Crippen LogP contribution in [-0.2, 0) is 34.1 Å². The average Bonchev–Trinajstić information content (AvgIpc) is 3.34. The van der Waals surface area contributed by atoms with Crippen molar-refractivity contribution < 1.29 is 41.7 Å². The van der Waals surface area contributed by atoms with Gasteiger partial charge in [0.05, 0.1) is 12.7 Å². The van der Waals surface area contributed by atoms with Crippen molar-refractivity contribution in [2.75, 3.05) is 13.7 Å². The van der Waals surface area contributed by atoms with Crippen LogP contribution < -0.4 is 0 Å². The number of carbonyl (C=O) groups is 2. The van der Waals surface area contributed by atoms with Crippen molar-refractivity contribution in [3.8, 4) is 0 Å². The maximum atomic E-state index is 14.4. The molecule has 2 heterocycles. The number of halogens is 3. The van der Waals surface area contributed by atoms with E-state index < -0.39 is 41.7 Å². The SMILES string of the molecule is CO[C@@](C(=O)O[C@H]1OC(=O)C=C1[C@H]1CC=C(CC[C@@]2(C)[C@@H](C)CC=C3[C@@H]2CCCC3(C)C)CO1)(c1ccccc1)C(F)(F)F. The number of esters is 2. The Kier molecular flexibility index (Phi) is 8.95. The fourth-order valence-electron chi connectivity index (χ4n) is 7.72. The van der Waals surface area contributed by atoms with Crippen LogP contribution in [0.2, 0.25) is 0 Å². The minimum absolute atomic E-state index is 0.172. The van der Waals surface area contributed by atoms with Gasteiger partial charge in [-0.3, -0.25) is 0 Å². The predicted octanol–water partition coefficient (Wildman–Crippen LogP) is 7.74. The summed E-state index contributed by atoms with van der Waals surface area (Å²) in [6, 6.07) is 6.52. The number of cyclic esters (lactones) is 1. The van der Waals surface area contributed by atoms with Crippen LogP contribution in [0.15, 0.2) is 65.3 Å². The molecule has 0 radical (unpaired) electrons. The van der Waals surface area contributed by atoms with Gasteiger partial charge in [-0.05, 0) is 66.8 Å². The molecule has 9 heteroatoms. The normalized spacial score (nSPS) is 31.5. The van der Waals surface area contributed by atoms with E-state index in [-0.39, 0.29) is 16.4 Å². The van der Waals surface area contributed by atoms with Crippen LogP contribution in [-0.4, -0.2) is 44.2 Å². The lowest BCUT2D eigenvalue weighted by molar-refractivity contribution is -0.281. The highest BCUT2D eigenvalue weighted by molar-refractivity contribution is 5.87. The topological polar surface area (TPSA) is 71.1 Å². The summed E-state index contributed by atoms with van der Waals surface area (Å²) in [5, 5.41) is 0. The van der Waals surface area contributed by atoms with E-state index in [1.54, 1.807) is 5.57 Å². The van der Waals surface area contributed by atoms with Gasteiger partial charge in [-0.25, -0.2) is 9.59 Å². The van der Waals surface area contributed by atoms with Gasteiger partial charge < -0.3 is 18.9 Å². The first kappa shape index (κ1) is 32.5. The molecule has 1 fully saturated rings. The van der Waals surface area contributed by atoms with Crippen LogP contribution in [0.1, 0.15) is 78.2 Å². The number of carbonyl (C=O) groups excluding carboxylic acids is 2. The number of hydrogen-bond acceptors (Lipinski definition) is 6. The summed E-state index contributed by atoms with van der Waals surface area (Å²) in [7, 11) is 0.788. The Morgan fingerprint density at radius 2 is 1.82 bits per heavy atom. The fourth-order valence-corrected chi connectivity index (χ4v) is 7.72. The largest absolute Gasteiger partial charge is 0.432 e. The summed E-state index contributed by atoms with van der Waals surface area (Å²) in [6.07, 6.45) is 5.30. The van der Waals surface area contributed by atoms with E-state index in [9.17, 15) is 22.8 Å². The lowest BCUT2D eigenvalue weighted by atomic mass is 9.52. The summed E-state index contributed by atoms with van der Waals surface area (Å²) in [6.45, 7) is 9.85. The second kappa shape index (κ2) is 12.1. The molecule has 6 nitrogen and oxygen atoms in total. The molecule has 0 aromatic heterocycles. The zero-order chi connectivity index (χ0) is 31.9. The molecule has 1 aromatic carbocycles. The maximum absolute atomic E-state index is 14.4. The van der Waals surface area contributed by atoms with E-state index in [1.165, 1.54) is 37.5 Å². The highest BCUT2D eigenvalue weighted by Crippen LogP contribution is 2.58. The summed E-state index contributed by atoms with van der Waals surface area (Å²) < 4.78 is 64.4. The third-order valence-electron chi connectivity index (χ3n) is 10.7. The lowest BCUT2D eigenvalue weighted by Crippen LogP contribution is -2.52. The molecule has 2 aliphatic carbocycles. The molecule has 5 rings (SSSR count). The number of alkyl halides is 3. The summed E-state index contributed by atoms with van der Waals surface area (Å²) in [5.41, 5.74) is -0.486. The van der Waals surface area contributed by atoms with E-state index in [4.69, 9.17) is 18.9 Å². The molecule has 0 saturated heterocycles. The van der Waals surface area contributed by atoms with Crippen LogP contribution in [0.5, 0.6) is 0 Å². The molecule has 0 amide bonds. The highest BCUT2D eigenvalue weighted by atomic mass is 19.4. The van der Waals surface area contributed by atoms with E-state index >= 15 is 0 Å². The molecule has 1 saturated carbocycles. The summed E-state index contributed by atoms with van der Waals surface area (Å²) >= 11 is 0. The third-order valence-corrected chi connectivity index (χ3v) is 10.7. The summed E-state index contributed by atoms with van der Waals surface area (Å²) in [5.74, 6) is -1.41. The smallest absolute Gasteiger partial charge is 0.418 e. The molecule has 0 spiro atoms. The number of fused-ring (bicyclic) bond motifs is 1. The van der Waals surface area contributed by atoms with Crippen LogP contribution in [0.25, 0.3) is 0 Å². The lowest BCUT2D eigenvalue weighted by Gasteiger charge is -2.53. The van der Waals surface area contributed by atoms with Crippen molar-refractivity contribution in [2.45, 2.75) is 96.8 Å². The zero-order valence-corrected chi connectivity index (χ0v) is 26.2. The van der Waals surface area contributed by atoms with Crippen LogP contribution in [0.4, 0.5) is 13.2 Å². The van der Waals surface area contributed by atoms with E-state index in [1.807, 2.05) is 0 Å². The third kappa shape index (κ3) is 5.78. The molecule has 240 valence electrons. The van der Waals surface area contributed by atoms with Gasteiger partial charge >= 0.3 is 18.1 Å². The number of rotatable bonds is 8. The van der Waals surface area contributed by atoms with Crippen molar-refractivity contribution in [1.82, 2.24) is 0 Å². The first-order chi connectivity index (χ1) is 20.7. The summed E-state index contributed by atoms with van der Waals surface area (Å²) in [4.78, 5) is 25.4. The minimum Gasteiger partial charge on any atom is -0.418 e. The molecule has 6 atom stereocenters. The van der Waals surface area contributed by atoms with Gasteiger partial charge in [0.1, 0.15) is 0 Å². The van der Waals surface area contributed by atoms with E-state index in [0.29, 0.717) is 24.9 Å². The minimum atomic E-state index is -5.15. The standard InChI is InChI=1S/C35H43F3O6/c1-22-13-15-26-27(12-9-18-32(26,2)3)33(22,4)19-17-23-14-16-28(42-21-23)25-20-29(39)43-30(25)44-31(40)34(41-5,35(36,37)38)24-10-7-6-8-11-24/h6-8,10-11,14-15,20,22,27-28,30H,9,12-13,16-19,21H2,1-5H3/t22-,27-,28+,30+,33-,34+/m0/s1. The quantitative estimate of drug-likeness (QED) is 0.220. The Bertz CT molecular complexity index is 1350. The van der Waals surface area contributed by atoms with Crippen molar-refractivity contribution in [2.24, 2.45) is 22.7 Å². The Morgan fingerprint density at radius 3 is 2.45 bits per heavy atom. The molecule has 44 heavy (non-hydrogen) atoms. The van der Waals surface area contributed by atoms with Gasteiger partial charge in [-0.2, -0.15) is 13.2 Å². The van der Waals surface area contributed by atoms with Crippen molar-refractivity contribution in [3.05, 3.63) is 70.8 Å². The second-order valence-electron chi connectivity index (χ2n) is 13.6. The number of benzene rings is 1. The van der Waals surface area contributed by atoms with Crippen molar-refractivity contribution >= 4 is 11.9 Å². The average molecular weight is 617 g/mol. The number of allylic oxidation sites excluding steroid dienone is 2. The Morgan fingerprint density at radius 1 is 1.09 bits per heavy atom. The molecule has 4 aliphatic rings. The second-order valence-corrected chi connectivity index (χ2v) is 13.6. The number of hydrogen-bond donors (Lipinski definition) is 0. The fraction of sp³-hybridized carbons (Fsp3) is 0.600. The van der Waals surface area contributed by atoms with Gasteiger partial charge in [0.2, 0.25) is 0 Å². The molecule has 0 unspecified atom stereocenters. The zero-order valence-electron chi connectivity index (χ0n) is 26.2. The van der Waals surface area contributed by atoms with Crippen LogP contribution in [0.3, 0.4) is 0 Å². The van der Waals surface area contributed by atoms with E-state index in [0.717, 1.165) is 50.2 Å². The Hall–Kier alpha value is -2.91. The monoisotopic (exact) mass is 616 g/mol. The van der Waals surface area contributed by atoms with Gasteiger partial charge in [-0.15, -0.1) is 0 Å². The molecule has 1 aromatic rings. The highest BCUT2D eigenvalue weighted by Gasteiger charge is 2.65. The molecule has 2 aliphatic heterocycles. The molecular weight excluding hydrogens is 573 g/mol. The first-order valence-corrected chi connectivity index (χ1v) is 15.5. The Balaban J connectivity index is 1.26. The van der Waals surface area contributed by atoms with Crippen molar-refractivity contribution in [1.29, 1.82) is 0 Å². The molecular formula is C35H43F3O6. The van der Waals surface area contributed by atoms with Crippen molar-refractivity contribution in [3.63, 3.8) is 0 Å². The van der Waals surface area contributed by atoms with Gasteiger partial charge in [0, 0.05) is 24.3 Å². The molecule has 0 N–H and O–H groups in total. The maximum Gasteiger partial charge on any atom is 0.432 e. The number of ether oxygens (including phenoxy) is 4. The van der Waals surface area contributed by atoms with Crippen LogP contribution in [0, 0.1) is 22.7 Å².